The molecular formula is C15H27N3O2. The molecule has 1 N–H and O–H groups in total. The van der Waals surface area contributed by atoms with Crippen molar-refractivity contribution in [2.45, 2.75) is 53.1 Å². The molecule has 5 heteroatoms. The number of rotatable bonds is 6. The van der Waals surface area contributed by atoms with Gasteiger partial charge in [-0.25, -0.2) is 4.98 Å². The van der Waals surface area contributed by atoms with Crippen LogP contribution in [-0.4, -0.2) is 36.3 Å². The molecule has 20 heavy (non-hydrogen) atoms. The van der Waals surface area contributed by atoms with Gasteiger partial charge in [-0.15, -0.1) is 0 Å². The SMILES string of the molecule is CCOCC(C)Oc1nc(C(C)(C)C)nc(NC)c1C. The fourth-order valence-electron chi connectivity index (χ4n) is 1.70. The number of nitrogens with zero attached hydrogens (tertiary/aromatic N) is 2. The zero-order valence-electron chi connectivity index (χ0n) is 13.7. The van der Waals surface area contributed by atoms with E-state index in [1.165, 1.54) is 0 Å². The van der Waals surface area contributed by atoms with Gasteiger partial charge in [-0.1, -0.05) is 20.8 Å². The maximum atomic E-state index is 5.91. The highest BCUT2D eigenvalue weighted by atomic mass is 16.5. The summed E-state index contributed by atoms with van der Waals surface area (Å²) in [5, 5.41) is 3.10. The molecule has 0 spiro atoms. The Bertz CT molecular complexity index is 441. The third-order valence-corrected chi connectivity index (χ3v) is 2.88. The molecule has 0 amide bonds. The predicted molar refractivity (Wildman–Crippen MR) is 81.6 cm³/mol. The summed E-state index contributed by atoms with van der Waals surface area (Å²) < 4.78 is 11.3. The van der Waals surface area contributed by atoms with E-state index in [1.807, 2.05) is 27.8 Å². The molecule has 0 saturated carbocycles. The van der Waals surface area contributed by atoms with Gasteiger partial charge < -0.3 is 14.8 Å². The summed E-state index contributed by atoms with van der Waals surface area (Å²) >= 11 is 0. The predicted octanol–water partition coefficient (Wildman–Crippen LogP) is 2.93. The minimum Gasteiger partial charge on any atom is -0.472 e. The molecule has 1 heterocycles. The van der Waals surface area contributed by atoms with Gasteiger partial charge in [0.05, 0.1) is 12.2 Å². The van der Waals surface area contributed by atoms with Gasteiger partial charge in [0.1, 0.15) is 17.7 Å². The van der Waals surface area contributed by atoms with E-state index in [2.05, 4.69) is 36.1 Å². The summed E-state index contributed by atoms with van der Waals surface area (Å²) in [5.41, 5.74) is 0.796. The molecule has 114 valence electrons. The first kappa shape index (κ1) is 16.7. The molecule has 0 aliphatic carbocycles. The Morgan fingerprint density at radius 2 is 1.90 bits per heavy atom. The molecule has 1 aromatic heterocycles. The van der Waals surface area contributed by atoms with Gasteiger partial charge in [-0.2, -0.15) is 4.98 Å². The van der Waals surface area contributed by atoms with Crippen molar-refractivity contribution in [1.29, 1.82) is 0 Å². The lowest BCUT2D eigenvalue weighted by molar-refractivity contribution is 0.0627. The highest BCUT2D eigenvalue weighted by Gasteiger charge is 2.22. The summed E-state index contributed by atoms with van der Waals surface area (Å²) in [5.74, 6) is 2.20. The smallest absolute Gasteiger partial charge is 0.222 e. The summed E-state index contributed by atoms with van der Waals surface area (Å²) in [4.78, 5) is 9.13. The van der Waals surface area contributed by atoms with E-state index in [1.54, 1.807) is 0 Å². The molecule has 0 aromatic carbocycles. The van der Waals surface area contributed by atoms with Gasteiger partial charge in [0.15, 0.2) is 0 Å². The average molecular weight is 281 g/mol. The molecule has 1 aromatic rings. The molecule has 0 radical (unpaired) electrons. The Morgan fingerprint density at radius 1 is 1.25 bits per heavy atom. The summed E-state index contributed by atoms with van der Waals surface area (Å²) in [6, 6.07) is 0. The monoisotopic (exact) mass is 281 g/mol. The van der Waals surface area contributed by atoms with Crippen molar-refractivity contribution >= 4 is 5.82 Å². The van der Waals surface area contributed by atoms with E-state index in [-0.39, 0.29) is 11.5 Å². The number of hydrogen-bond acceptors (Lipinski definition) is 5. The maximum Gasteiger partial charge on any atom is 0.222 e. The van der Waals surface area contributed by atoms with Gasteiger partial charge >= 0.3 is 0 Å². The van der Waals surface area contributed by atoms with Crippen LogP contribution in [0.2, 0.25) is 0 Å². The van der Waals surface area contributed by atoms with Crippen LogP contribution in [0.3, 0.4) is 0 Å². The van der Waals surface area contributed by atoms with Crippen LogP contribution < -0.4 is 10.1 Å². The second-order valence-corrected chi connectivity index (χ2v) is 5.91. The van der Waals surface area contributed by atoms with Gasteiger partial charge in [0.25, 0.3) is 0 Å². The first-order valence-electron chi connectivity index (χ1n) is 7.10. The van der Waals surface area contributed by atoms with Crippen LogP contribution in [0.4, 0.5) is 5.82 Å². The van der Waals surface area contributed by atoms with Crippen LogP contribution in [0.5, 0.6) is 5.88 Å². The van der Waals surface area contributed by atoms with E-state index in [4.69, 9.17) is 9.47 Å². The van der Waals surface area contributed by atoms with E-state index >= 15 is 0 Å². The average Bonchev–Trinajstić information content (AvgIpc) is 2.37. The minimum absolute atomic E-state index is 0.0407. The lowest BCUT2D eigenvalue weighted by Gasteiger charge is -2.22. The summed E-state index contributed by atoms with van der Waals surface area (Å²) in [6.45, 7) is 13.4. The van der Waals surface area contributed by atoms with E-state index in [0.717, 1.165) is 17.2 Å². The van der Waals surface area contributed by atoms with E-state index < -0.39 is 0 Å². The van der Waals surface area contributed by atoms with Crippen molar-refractivity contribution in [2.24, 2.45) is 0 Å². The first-order valence-corrected chi connectivity index (χ1v) is 7.10. The second-order valence-electron chi connectivity index (χ2n) is 5.91. The minimum atomic E-state index is -0.124. The number of anilines is 1. The molecule has 1 unspecified atom stereocenters. The van der Waals surface area contributed by atoms with Gasteiger partial charge in [-0.3, -0.25) is 0 Å². The quantitative estimate of drug-likeness (QED) is 0.869. The van der Waals surface area contributed by atoms with Gasteiger partial charge in [-0.05, 0) is 20.8 Å². The van der Waals surface area contributed by atoms with Crippen LogP contribution >= 0.6 is 0 Å². The van der Waals surface area contributed by atoms with Crippen molar-refractivity contribution in [2.75, 3.05) is 25.6 Å². The van der Waals surface area contributed by atoms with Crippen molar-refractivity contribution in [3.05, 3.63) is 11.4 Å². The Labute approximate surface area is 122 Å². The highest BCUT2D eigenvalue weighted by molar-refractivity contribution is 5.48. The van der Waals surface area contributed by atoms with E-state index in [0.29, 0.717) is 19.1 Å². The molecule has 0 fully saturated rings. The van der Waals surface area contributed by atoms with Crippen LogP contribution in [0.15, 0.2) is 0 Å². The molecular weight excluding hydrogens is 254 g/mol. The number of aromatic nitrogens is 2. The highest BCUT2D eigenvalue weighted by Crippen LogP contribution is 2.27. The fourth-order valence-corrected chi connectivity index (χ4v) is 1.70. The third-order valence-electron chi connectivity index (χ3n) is 2.88. The largest absolute Gasteiger partial charge is 0.472 e. The lowest BCUT2D eigenvalue weighted by Crippen LogP contribution is -2.23. The standard InChI is InChI=1S/C15H27N3O2/c1-8-19-9-10(2)20-13-11(3)12(16-7)17-14(18-13)15(4,5)6/h10H,8-9H2,1-7H3,(H,16,17,18). The third kappa shape index (κ3) is 4.34. The molecule has 1 atom stereocenters. The Balaban J connectivity index is 3.05. The molecule has 0 aliphatic rings. The second kappa shape index (κ2) is 6.88. The van der Waals surface area contributed by atoms with Crippen LogP contribution in [-0.2, 0) is 10.2 Å². The van der Waals surface area contributed by atoms with E-state index in [9.17, 15) is 0 Å². The summed E-state index contributed by atoms with van der Waals surface area (Å²) in [7, 11) is 1.86. The number of ether oxygens (including phenoxy) is 2. The van der Waals surface area contributed by atoms with Gasteiger partial charge in [0.2, 0.25) is 5.88 Å². The normalized spacial score (nSPS) is 13.2. The van der Waals surface area contributed by atoms with Crippen molar-refractivity contribution in [3.8, 4) is 5.88 Å². The molecule has 5 nitrogen and oxygen atoms in total. The molecule has 0 aliphatic heterocycles. The molecule has 1 rings (SSSR count). The Morgan fingerprint density at radius 3 is 2.40 bits per heavy atom. The van der Waals surface area contributed by atoms with Crippen LogP contribution in [0.1, 0.15) is 46.0 Å². The first-order chi connectivity index (χ1) is 9.29. The van der Waals surface area contributed by atoms with Crippen molar-refractivity contribution in [1.82, 2.24) is 9.97 Å². The number of nitrogens with one attached hydrogen (secondary N) is 1. The Kier molecular flexibility index (Phi) is 5.74. The maximum absolute atomic E-state index is 5.91. The van der Waals surface area contributed by atoms with Crippen LogP contribution in [0, 0.1) is 6.92 Å². The van der Waals surface area contributed by atoms with Gasteiger partial charge in [0, 0.05) is 19.1 Å². The molecule has 0 saturated heterocycles. The summed E-state index contributed by atoms with van der Waals surface area (Å²) in [6.07, 6.45) is -0.0407. The lowest BCUT2D eigenvalue weighted by atomic mass is 9.95. The zero-order chi connectivity index (χ0) is 15.3. The van der Waals surface area contributed by atoms with Crippen molar-refractivity contribution in [3.63, 3.8) is 0 Å². The van der Waals surface area contributed by atoms with Crippen LogP contribution in [0.25, 0.3) is 0 Å². The topological polar surface area (TPSA) is 56.3 Å². The number of hydrogen-bond donors (Lipinski definition) is 1. The molecule has 0 bridgehead atoms. The fraction of sp³-hybridized carbons (Fsp3) is 0.733. The Hall–Kier alpha value is -1.36. The van der Waals surface area contributed by atoms with Crippen molar-refractivity contribution < 1.29 is 9.47 Å². The zero-order valence-corrected chi connectivity index (χ0v) is 13.7.